The van der Waals surface area contributed by atoms with Crippen LogP contribution in [0.2, 0.25) is 0 Å². The fourth-order valence-corrected chi connectivity index (χ4v) is 3.49. The van der Waals surface area contributed by atoms with Gasteiger partial charge in [-0.1, -0.05) is 26.0 Å². The number of carbonyl (C=O) groups is 2. The Bertz CT molecular complexity index is 642. The molecule has 26 heavy (non-hydrogen) atoms. The van der Waals surface area contributed by atoms with Crippen LogP contribution in [0.1, 0.15) is 37.8 Å². The van der Waals surface area contributed by atoms with E-state index in [2.05, 4.69) is 0 Å². The van der Waals surface area contributed by atoms with Gasteiger partial charge in [-0.2, -0.15) is 13.2 Å². The molecule has 3 unspecified atom stereocenters. The van der Waals surface area contributed by atoms with Crippen molar-refractivity contribution in [2.24, 2.45) is 17.8 Å². The zero-order valence-electron chi connectivity index (χ0n) is 14.9. The number of carbonyl (C=O) groups excluding carboxylic acids is 1. The van der Waals surface area contributed by atoms with E-state index < -0.39 is 23.6 Å². The van der Waals surface area contributed by atoms with Gasteiger partial charge in [0.2, 0.25) is 5.91 Å². The Hall–Kier alpha value is -2.05. The Morgan fingerprint density at radius 3 is 2.35 bits per heavy atom. The number of rotatable bonds is 5. The highest BCUT2D eigenvalue weighted by Gasteiger charge is 2.34. The van der Waals surface area contributed by atoms with Crippen molar-refractivity contribution in [1.29, 1.82) is 0 Å². The van der Waals surface area contributed by atoms with Crippen molar-refractivity contribution in [3.05, 3.63) is 35.4 Å². The minimum atomic E-state index is -4.38. The van der Waals surface area contributed by atoms with E-state index in [1.54, 1.807) is 4.90 Å². The summed E-state index contributed by atoms with van der Waals surface area (Å²) in [6.07, 6.45) is -2.94. The third-order valence-corrected chi connectivity index (χ3v) is 4.93. The van der Waals surface area contributed by atoms with Crippen LogP contribution in [0.15, 0.2) is 24.3 Å². The minimum Gasteiger partial charge on any atom is -0.481 e. The van der Waals surface area contributed by atoms with Gasteiger partial charge in [0.15, 0.2) is 0 Å². The number of hydrogen-bond acceptors (Lipinski definition) is 2. The van der Waals surface area contributed by atoms with Crippen LogP contribution in [0.25, 0.3) is 0 Å². The van der Waals surface area contributed by atoms with Crippen molar-refractivity contribution < 1.29 is 27.9 Å². The molecule has 0 aliphatic carbocycles. The van der Waals surface area contributed by atoms with E-state index in [1.807, 2.05) is 13.8 Å². The van der Waals surface area contributed by atoms with E-state index in [9.17, 15) is 27.9 Å². The molecule has 0 spiro atoms. The molecule has 1 aliphatic heterocycles. The van der Waals surface area contributed by atoms with Gasteiger partial charge in [-0.25, -0.2) is 0 Å². The molecule has 1 aromatic rings. The van der Waals surface area contributed by atoms with Crippen molar-refractivity contribution in [2.45, 2.75) is 39.3 Å². The molecule has 1 heterocycles. The van der Waals surface area contributed by atoms with Gasteiger partial charge < -0.3 is 10.0 Å². The average Bonchev–Trinajstić information content (AvgIpc) is 2.58. The molecule has 0 saturated carbocycles. The number of hydrogen-bond donors (Lipinski definition) is 1. The Kier molecular flexibility index (Phi) is 6.31. The van der Waals surface area contributed by atoms with E-state index in [0.717, 1.165) is 12.1 Å². The number of piperidine rings is 1. The Morgan fingerprint density at radius 1 is 1.23 bits per heavy atom. The first kappa shape index (κ1) is 20.3. The number of carboxylic acid groups (broad SMARTS) is 1. The SMILES string of the molecule is CCC(Cc1ccc(C(F)(F)F)cc1)C(=O)N1CC(C)CC(C(=O)O)C1. The normalized spacial score (nSPS) is 22.1. The molecule has 2 rings (SSSR count). The van der Waals surface area contributed by atoms with E-state index in [4.69, 9.17) is 0 Å². The average molecular weight is 371 g/mol. The van der Waals surface area contributed by atoms with Crippen LogP contribution in [0, 0.1) is 17.8 Å². The summed E-state index contributed by atoms with van der Waals surface area (Å²) >= 11 is 0. The molecular formula is C19H24F3NO3. The van der Waals surface area contributed by atoms with Crippen molar-refractivity contribution >= 4 is 11.9 Å². The molecule has 0 aromatic heterocycles. The van der Waals surface area contributed by atoms with E-state index in [1.165, 1.54) is 12.1 Å². The standard InChI is InChI=1S/C19H24F3NO3/c1-3-14(9-13-4-6-16(7-5-13)19(20,21)22)17(24)23-10-12(2)8-15(11-23)18(25)26/h4-7,12,14-15H,3,8-11H2,1-2H3,(H,25,26). The van der Waals surface area contributed by atoms with E-state index in [0.29, 0.717) is 31.4 Å². The lowest BCUT2D eigenvalue weighted by atomic mass is 9.88. The fraction of sp³-hybridized carbons (Fsp3) is 0.579. The summed E-state index contributed by atoms with van der Waals surface area (Å²) in [6, 6.07) is 4.85. The van der Waals surface area contributed by atoms with Crippen LogP contribution >= 0.6 is 0 Å². The van der Waals surface area contributed by atoms with Gasteiger partial charge in [-0.15, -0.1) is 0 Å². The van der Waals surface area contributed by atoms with Gasteiger partial charge >= 0.3 is 12.1 Å². The number of benzene rings is 1. The summed E-state index contributed by atoms with van der Waals surface area (Å²) in [5.74, 6) is -1.84. The first-order valence-corrected chi connectivity index (χ1v) is 8.79. The molecule has 1 fully saturated rings. The number of alkyl halides is 3. The summed E-state index contributed by atoms with van der Waals surface area (Å²) in [5.41, 5.74) is -0.0483. The highest BCUT2D eigenvalue weighted by Crippen LogP contribution is 2.30. The zero-order chi connectivity index (χ0) is 19.5. The lowest BCUT2D eigenvalue weighted by Crippen LogP contribution is -2.48. The molecule has 0 bridgehead atoms. The van der Waals surface area contributed by atoms with Crippen molar-refractivity contribution in [3.8, 4) is 0 Å². The van der Waals surface area contributed by atoms with Gasteiger partial charge in [0.05, 0.1) is 11.5 Å². The number of amides is 1. The predicted octanol–water partition coefficient (Wildman–Crippen LogP) is 3.84. The monoisotopic (exact) mass is 371 g/mol. The smallest absolute Gasteiger partial charge is 0.416 e. The number of carboxylic acids is 1. The zero-order valence-corrected chi connectivity index (χ0v) is 14.9. The highest BCUT2D eigenvalue weighted by atomic mass is 19.4. The van der Waals surface area contributed by atoms with Gasteiger partial charge in [0.1, 0.15) is 0 Å². The van der Waals surface area contributed by atoms with E-state index >= 15 is 0 Å². The number of aliphatic carboxylic acids is 1. The molecule has 7 heteroatoms. The topological polar surface area (TPSA) is 57.6 Å². The second-order valence-corrected chi connectivity index (χ2v) is 7.12. The fourth-order valence-electron chi connectivity index (χ4n) is 3.49. The second kappa shape index (κ2) is 8.10. The van der Waals surface area contributed by atoms with Crippen molar-refractivity contribution in [2.75, 3.05) is 13.1 Å². The van der Waals surface area contributed by atoms with Crippen LogP contribution in [0.3, 0.4) is 0 Å². The molecule has 1 amide bonds. The lowest BCUT2D eigenvalue weighted by Gasteiger charge is -2.36. The van der Waals surface area contributed by atoms with Crippen LogP contribution in [0.5, 0.6) is 0 Å². The molecule has 144 valence electrons. The molecular weight excluding hydrogens is 347 g/mol. The maximum Gasteiger partial charge on any atom is 0.416 e. The summed E-state index contributed by atoms with van der Waals surface area (Å²) in [7, 11) is 0. The lowest BCUT2D eigenvalue weighted by molar-refractivity contribution is -0.148. The summed E-state index contributed by atoms with van der Waals surface area (Å²) in [6.45, 7) is 4.50. The number of nitrogens with zero attached hydrogens (tertiary/aromatic N) is 1. The molecule has 1 saturated heterocycles. The summed E-state index contributed by atoms with van der Waals surface area (Å²) in [4.78, 5) is 25.7. The van der Waals surface area contributed by atoms with Crippen molar-refractivity contribution in [1.82, 2.24) is 4.90 Å². The van der Waals surface area contributed by atoms with Crippen LogP contribution in [-0.2, 0) is 22.2 Å². The molecule has 1 N–H and O–H groups in total. The van der Waals surface area contributed by atoms with Crippen LogP contribution in [-0.4, -0.2) is 35.0 Å². The quantitative estimate of drug-likeness (QED) is 0.856. The molecule has 4 nitrogen and oxygen atoms in total. The van der Waals surface area contributed by atoms with Crippen LogP contribution < -0.4 is 0 Å². The molecule has 3 atom stereocenters. The number of halogens is 3. The van der Waals surface area contributed by atoms with Crippen molar-refractivity contribution in [3.63, 3.8) is 0 Å². The third-order valence-electron chi connectivity index (χ3n) is 4.93. The molecule has 1 aliphatic rings. The summed E-state index contributed by atoms with van der Waals surface area (Å²) < 4.78 is 37.9. The Balaban J connectivity index is 2.07. The maximum atomic E-state index is 12.8. The van der Waals surface area contributed by atoms with Gasteiger partial charge in [0, 0.05) is 19.0 Å². The van der Waals surface area contributed by atoms with E-state index in [-0.39, 0.29) is 24.3 Å². The first-order chi connectivity index (χ1) is 12.1. The Labute approximate surface area is 151 Å². The largest absolute Gasteiger partial charge is 0.481 e. The second-order valence-electron chi connectivity index (χ2n) is 7.12. The Morgan fingerprint density at radius 2 is 1.85 bits per heavy atom. The van der Waals surface area contributed by atoms with Crippen LogP contribution in [0.4, 0.5) is 13.2 Å². The summed E-state index contributed by atoms with van der Waals surface area (Å²) in [5, 5.41) is 9.25. The maximum absolute atomic E-state index is 12.8. The first-order valence-electron chi connectivity index (χ1n) is 8.79. The molecule has 1 aromatic carbocycles. The highest BCUT2D eigenvalue weighted by molar-refractivity contribution is 5.80. The molecule has 0 radical (unpaired) electrons. The number of likely N-dealkylation sites (tertiary alicyclic amines) is 1. The van der Waals surface area contributed by atoms with Gasteiger partial charge in [-0.05, 0) is 42.9 Å². The van der Waals surface area contributed by atoms with Gasteiger partial charge in [-0.3, -0.25) is 9.59 Å². The third kappa shape index (κ3) is 4.99. The van der Waals surface area contributed by atoms with Gasteiger partial charge in [0.25, 0.3) is 0 Å². The predicted molar refractivity (Wildman–Crippen MR) is 90.4 cm³/mol. The minimum absolute atomic E-state index is 0.109.